The van der Waals surface area contributed by atoms with Crippen LogP contribution in [0.4, 0.5) is 5.69 Å². The lowest BCUT2D eigenvalue weighted by Gasteiger charge is -2.11. The number of ether oxygens (including phenoxy) is 2. The molecule has 0 spiro atoms. The summed E-state index contributed by atoms with van der Waals surface area (Å²) in [4.78, 5) is 0. The van der Waals surface area contributed by atoms with Gasteiger partial charge in [0.15, 0.2) is 11.5 Å². The first-order valence-electron chi connectivity index (χ1n) is 5.90. The van der Waals surface area contributed by atoms with Crippen molar-refractivity contribution < 1.29 is 9.47 Å². The molecule has 0 saturated carbocycles. The Kier molecular flexibility index (Phi) is 4.10. The summed E-state index contributed by atoms with van der Waals surface area (Å²) in [6, 6.07) is 9.59. The van der Waals surface area contributed by atoms with Gasteiger partial charge >= 0.3 is 0 Å². The van der Waals surface area contributed by atoms with Crippen molar-refractivity contribution in [2.24, 2.45) is 0 Å². The topological polar surface area (TPSA) is 30.5 Å². The third-order valence-electron chi connectivity index (χ3n) is 2.94. The Balaban J connectivity index is 1.80. The van der Waals surface area contributed by atoms with Crippen molar-refractivity contribution in [2.45, 2.75) is 6.54 Å². The lowest BCUT2D eigenvalue weighted by atomic mass is 10.2. The van der Waals surface area contributed by atoms with Gasteiger partial charge in [0, 0.05) is 15.5 Å². The molecule has 2 aromatic carbocycles. The first-order chi connectivity index (χ1) is 9.63. The fourth-order valence-corrected chi connectivity index (χ4v) is 2.93. The summed E-state index contributed by atoms with van der Waals surface area (Å²) in [6.45, 7) is 0.906. The number of halogens is 3. The van der Waals surface area contributed by atoms with Gasteiger partial charge in [0.1, 0.15) is 0 Å². The van der Waals surface area contributed by atoms with E-state index in [0.29, 0.717) is 11.6 Å². The molecule has 1 aliphatic heterocycles. The molecule has 0 aromatic heterocycles. The molecule has 0 saturated heterocycles. The molecule has 6 heteroatoms. The van der Waals surface area contributed by atoms with Gasteiger partial charge in [-0.15, -0.1) is 0 Å². The second-order valence-electron chi connectivity index (χ2n) is 4.27. The smallest absolute Gasteiger partial charge is 0.231 e. The molecule has 20 heavy (non-hydrogen) atoms. The molecule has 3 nitrogen and oxygen atoms in total. The molecule has 1 aliphatic rings. The van der Waals surface area contributed by atoms with Crippen LogP contribution in [0.5, 0.6) is 11.5 Å². The van der Waals surface area contributed by atoms with Gasteiger partial charge in [0.2, 0.25) is 6.79 Å². The van der Waals surface area contributed by atoms with E-state index in [0.717, 1.165) is 31.7 Å². The summed E-state index contributed by atoms with van der Waals surface area (Å²) in [5.41, 5.74) is 1.95. The highest BCUT2D eigenvalue weighted by Crippen LogP contribution is 2.37. The molecule has 0 amide bonds. The summed E-state index contributed by atoms with van der Waals surface area (Å²) in [5, 5.41) is 4.00. The van der Waals surface area contributed by atoms with Crippen molar-refractivity contribution in [3.63, 3.8) is 0 Å². The monoisotopic (exact) mass is 417 g/mol. The zero-order valence-electron chi connectivity index (χ0n) is 10.3. The van der Waals surface area contributed by atoms with Crippen LogP contribution in [-0.2, 0) is 6.54 Å². The van der Waals surface area contributed by atoms with Gasteiger partial charge in [0.25, 0.3) is 0 Å². The summed E-state index contributed by atoms with van der Waals surface area (Å²) in [7, 11) is 0. The molecule has 0 unspecified atom stereocenters. The number of benzene rings is 2. The van der Waals surface area contributed by atoms with Crippen molar-refractivity contribution in [2.75, 3.05) is 12.1 Å². The van der Waals surface area contributed by atoms with E-state index in [1.807, 2.05) is 30.3 Å². The highest BCUT2D eigenvalue weighted by molar-refractivity contribution is 9.10. The molecule has 0 radical (unpaired) electrons. The largest absolute Gasteiger partial charge is 0.454 e. The van der Waals surface area contributed by atoms with E-state index >= 15 is 0 Å². The highest BCUT2D eigenvalue weighted by atomic mass is 79.9. The van der Waals surface area contributed by atoms with Gasteiger partial charge in [-0.1, -0.05) is 43.5 Å². The molecule has 2 aromatic rings. The summed E-state index contributed by atoms with van der Waals surface area (Å²) in [6.07, 6.45) is 0. The van der Waals surface area contributed by atoms with E-state index in [1.165, 1.54) is 0 Å². The van der Waals surface area contributed by atoms with Crippen LogP contribution in [0.1, 0.15) is 5.56 Å². The SMILES string of the molecule is Clc1ccc(Br)cc1NCc1cc2c(cc1Br)OCO2. The number of rotatable bonds is 3. The van der Waals surface area contributed by atoms with Crippen LogP contribution < -0.4 is 14.8 Å². The van der Waals surface area contributed by atoms with E-state index in [1.54, 1.807) is 0 Å². The average molecular weight is 420 g/mol. The predicted octanol–water partition coefficient (Wildman–Crippen LogP) is 5.21. The lowest BCUT2D eigenvalue weighted by Crippen LogP contribution is -2.01. The van der Waals surface area contributed by atoms with E-state index in [2.05, 4.69) is 37.2 Å². The zero-order valence-corrected chi connectivity index (χ0v) is 14.2. The lowest BCUT2D eigenvalue weighted by molar-refractivity contribution is 0.174. The van der Waals surface area contributed by atoms with Gasteiger partial charge < -0.3 is 14.8 Å². The molecular formula is C14H10Br2ClNO2. The molecule has 0 fully saturated rings. The Morgan fingerprint density at radius 3 is 2.65 bits per heavy atom. The second-order valence-corrected chi connectivity index (χ2v) is 6.45. The Hall–Kier alpha value is -0.910. The number of hydrogen-bond acceptors (Lipinski definition) is 3. The maximum absolute atomic E-state index is 6.16. The Morgan fingerprint density at radius 2 is 1.85 bits per heavy atom. The van der Waals surface area contributed by atoms with Crippen LogP contribution in [0.15, 0.2) is 39.3 Å². The molecular weight excluding hydrogens is 409 g/mol. The predicted molar refractivity (Wildman–Crippen MR) is 86.7 cm³/mol. The first-order valence-corrected chi connectivity index (χ1v) is 7.87. The molecule has 0 atom stereocenters. The van der Waals surface area contributed by atoms with Gasteiger partial charge in [0.05, 0.1) is 10.7 Å². The number of anilines is 1. The Labute approximate surface area is 138 Å². The number of nitrogens with one attached hydrogen (secondary N) is 1. The average Bonchev–Trinajstić information content (AvgIpc) is 2.86. The Morgan fingerprint density at radius 1 is 1.10 bits per heavy atom. The van der Waals surface area contributed by atoms with Crippen LogP contribution in [0, 0.1) is 0 Å². The molecule has 104 valence electrons. The van der Waals surface area contributed by atoms with E-state index in [4.69, 9.17) is 21.1 Å². The third-order valence-corrected chi connectivity index (χ3v) is 4.50. The maximum Gasteiger partial charge on any atom is 0.231 e. The van der Waals surface area contributed by atoms with Crippen LogP contribution in [0.2, 0.25) is 5.02 Å². The minimum absolute atomic E-state index is 0.274. The third kappa shape index (κ3) is 2.90. The minimum atomic E-state index is 0.274. The maximum atomic E-state index is 6.16. The fraction of sp³-hybridized carbons (Fsp3) is 0.143. The van der Waals surface area contributed by atoms with Crippen molar-refractivity contribution in [1.82, 2.24) is 0 Å². The van der Waals surface area contributed by atoms with Crippen LogP contribution >= 0.6 is 43.5 Å². The van der Waals surface area contributed by atoms with Crippen LogP contribution in [-0.4, -0.2) is 6.79 Å². The van der Waals surface area contributed by atoms with E-state index in [9.17, 15) is 0 Å². The fourth-order valence-electron chi connectivity index (χ4n) is 1.92. The van der Waals surface area contributed by atoms with Crippen molar-refractivity contribution >= 4 is 49.1 Å². The van der Waals surface area contributed by atoms with E-state index < -0.39 is 0 Å². The standard InChI is InChI=1S/C14H10Br2ClNO2/c15-9-1-2-11(17)12(4-9)18-6-8-3-13-14(5-10(8)16)20-7-19-13/h1-5,18H,6-7H2. The number of hydrogen-bond donors (Lipinski definition) is 1. The zero-order chi connectivity index (χ0) is 14.1. The molecule has 3 rings (SSSR count). The summed E-state index contributed by atoms with van der Waals surface area (Å²) < 4.78 is 12.7. The van der Waals surface area contributed by atoms with Gasteiger partial charge in [-0.2, -0.15) is 0 Å². The van der Waals surface area contributed by atoms with Crippen LogP contribution in [0.25, 0.3) is 0 Å². The molecule has 1 heterocycles. The van der Waals surface area contributed by atoms with Crippen LogP contribution in [0.3, 0.4) is 0 Å². The van der Waals surface area contributed by atoms with Gasteiger partial charge in [-0.3, -0.25) is 0 Å². The Bertz CT molecular complexity index is 664. The van der Waals surface area contributed by atoms with Gasteiger partial charge in [-0.05, 0) is 35.9 Å². The van der Waals surface area contributed by atoms with Crippen molar-refractivity contribution in [3.8, 4) is 11.5 Å². The van der Waals surface area contributed by atoms with Crippen molar-refractivity contribution in [1.29, 1.82) is 0 Å². The quantitative estimate of drug-likeness (QED) is 0.741. The molecule has 0 bridgehead atoms. The normalized spacial score (nSPS) is 12.6. The molecule has 1 N–H and O–H groups in total. The van der Waals surface area contributed by atoms with E-state index in [-0.39, 0.29) is 6.79 Å². The van der Waals surface area contributed by atoms with Gasteiger partial charge in [-0.25, -0.2) is 0 Å². The van der Waals surface area contributed by atoms with Crippen molar-refractivity contribution in [3.05, 3.63) is 49.9 Å². The summed E-state index contributed by atoms with van der Waals surface area (Å²) >= 11 is 13.1. The summed E-state index contributed by atoms with van der Waals surface area (Å²) in [5.74, 6) is 1.53. The highest BCUT2D eigenvalue weighted by Gasteiger charge is 2.16. The first kappa shape index (κ1) is 14.0. The number of fused-ring (bicyclic) bond motifs is 1. The minimum Gasteiger partial charge on any atom is -0.454 e. The second kappa shape index (κ2) is 5.84. The molecule has 0 aliphatic carbocycles.